The van der Waals surface area contributed by atoms with Crippen molar-refractivity contribution >= 4 is 16.0 Å². The first-order valence-electron chi connectivity index (χ1n) is 24.3. The summed E-state index contributed by atoms with van der Waals surface area (Å²) in [7, 11) is -4.46. The molecular formula is C49H93NO6S. The average Bonchev–Trinajstić information content (AvgIpc) is 3.18. The Morgan fingerprint density at radius 3 is 1.16 bits per heavy atom. The van der Waals surface area contributed by atoms with Gasteiger partial charge >= 0.3 is 0 Å². The molecule has 0 saturated carbocycles. The Hall–Kier alpha value is -1.48. The molecule has 57 heavy (non-hydrogen) atoms. The van der Waals surface area contributed by atoms with Gasteiger partial charge in [0.25, 0.3) is 10.1 Å². The molecule has 0 aliphatic rings. The van der Waals surface area contributed by atoms with E-state index in [2.05, 4.69) is 43.5 Å². The highest BCUT2D eigenvalue weighted by Gasteiger charge is 2.27. The molecule has 336 valence electrons. The van der Waals surface area contributed by atoms with Crippen molar-refractivity contribution in [2.45, 2.75) is 263 Å². The molecule has 0 aromatic rings. The second-order valence-electron chi connectivity index (χ2n) is 16.9. The van der Waals surface area contributed by atoms with Crippen LogP contribution in [0.3, 0.4) is 0 Å². The van der Waals surface area contributed by atoms with Crippen molar-refractivity contribution in [2.24, 2.45) is 0 Å². The molecule has 0 rings (SSSR count). The van der Waals surface area contributed by atoms with Gasteiger partial charge in [0.15, 0.2) is 0 Å². The number of hydrogen-bond donors (Lipinski definition) is 4. The molecule has 0 aliphatic heterocycles. The lowest BCUT2D eigenvalue weighted by molar-refractivity contribution is -0.130. The van der Waals surface area contributed by atoms with E-state index in [1.165, 1.54) is 173 Å². The third-order valence-electron chi connectivity index (χ3n) is 11.2. The van der Waals surface area contributed by atoms with Gasteiger partial charge in [0.05, 0.1) is 17.9 Å². The van der Waals surface area contributed by atoms with Crippen LogP contribution in [0, 0.1) is 0 Å². The van der Waals surface area contributed by atoms with E-state index < -0.39 is 40.0 Å². The maximum atomic E-state index is 12.6. The normalized spacial score (nSPS) is 14.0. The zero-order valence-corrected chi connectivity index (χ0v) is 38.2. The van der Waals surface area contributed by atoms with Crippen LogP contribution in [-0.2, 0) is 14.9 Å². The average molecular weight is 824 g/mol. The van der Waals surface area contributed by atoms with Crippen LogP contribution in [0.1, 0.15) is 245 Å². The van der Waals surface area contributed by atoms with E-state index in [-0.39, 0.29) is 6.42 Å². The molecule has 0 heterocycles. The van der Waals surface area contributed by atoms with Crippen LogP contribution in [0.5, 0.6) is 0 Å². The molecule has 1 amide bonds. The summed E-state index contributed by atoms with van der Waals surface area (Å²) in [6.45, 7) is 4.54. The van der Waals surface area contributed by atoms with E-state index in [1.54, 1.807) is 6.08 Å². The number of allylic oxidation sites excluding steroid dienone is 5. The van der Waals surface area contributed by atoms with E-state index in [4.69, 9.17) is 0 Å². The summed E-state index contributed by atoms with van der Waals surface area (Å²) < 4.78 is 32.7. The molecule has 0 fully saturated rings. The quantitative estimate of drug-likeness (QED) is 0.0276. The van der Waals surface area contributed by atoms with Gasteiger partial charge in [0.2, 0.25) is 5.91 Å². The zero-order chi connectivity index (χ0) is 41.9. The van der Waals surface area contributed by atoms with Crippen LogP contribution >= 0.6 is 0 Å². The first-order chi connectivity index (χ1) is 27.7. The Kier molecular flexibility index (Phi) is 41.5. The Morgan fingerprint density at radius 1 is 0.474 bits per heavy atom. The van der Waals surface area contributed by atoms with E-state index in [9.17, 15) is 28.0 Å². The smallest absolute Gasteiger partial charge is 0.267 e. The molecule has 4 N–H and O–H groups in total. The molecule has 8 heteroatoms. The Labute approximate surface area is 353 Å². The summed E-state index contributed by atoms with van der Waals surface area (Å²) in [6, 6.07) is -1.25. The fraction of sp³-hybridized carbons (Fsp3) is 0.857. The highest BCUT2D eigenvalue weighted by molar-refractivity contribution is 7.85. The summed E-state index contributed by atoms with van der Waals surface area (Å²) >= 11 is 0. The molecule has 0 aliphatic carbocycles. The molecule has 0 bridgehead atoms. The number of unbranched alkanes of at least 4 members (excludes halogenated alkanes) is 31. The van der Waals surface area contributed by atoms with Crippen molar-refractivity contribution in [3.63, 3.8) is 0 Å². The number of hydrogen-bond acceptors (Lipinski definition) is 5. The topological polar surface area (TPSA) is 124 Å². The third-order valence-corrected chi connectivity index (χ3v) is 11.9. The largest absolute Gasteiger partial charge is 0.387 e. The minimum absolute atomic E-state index is 0.275. The predicted octanol–water partition coefficient (Wildman–Crippen LogP) is 13.8. The van der Waals surface area contributed by atoms with E-state index >= 15 is 0 Å². The second-order valence-corrected chi connectivity index (χ2v) is 18.4. The molecule has 7 nitrogen and oxygen atoms in total. The number of carbonyl (C=O) groups excluding carboxylic acids is 1. The highest BCUT2D eigenvalue weighted by Crippen LogP contribution is 2.16. The number of aliphatic hydroxyl groups excluding tert-OH is 2. The fourth-order valence-electron chi connectivity index (χ4n) is 7.43. The predicted molar refractivity (Wildman–Crippen MR) is 245 cm³/mol. The van der Waals surface area contributed by atoms with Crippen molar-refractivity contribution in [1.82, 2.24) is 5.32 Å². The Morgan fingerprint density at radius 2 is 0.789 bits per heavy atom. The lowest BCUT2D eigenvalue weighted by Gasteiger charge is -2.22. The van der Waals surface area contributed by atoms with Crippen molar-refractivity contribution in [2.75, 3.05) is 5.75 Å². The van der Waals surface area contributed by atoms with Crippen molar-refractivity contribution in [3.05, 3.63) is 36.5 Å². The van der Waals surface area contributed by atoms with Crippen LogP contribution in [-0.4, -0.2) is 53.1 Å². The van der Waals surface area contributed by atoms with Crippen LogP contribution in [0.4, 0.5) is 0 Å². The van der Waals surface area contributed by atoms with Gasteiger partial charge in [0, 0.05) is 0 Å². The molecule has 0 saturated heterocycles. The number of amides is 1. The minimum atomic E-state index is -4.46. The van der Waals surface area contributed by atoms with Crippen LogP contribution < -0.4 is 5.32 Å². The SMILES string of the molecule is CCCCCCCCCCCC/C=C/CC/C=C/CC/C=C/C(O)C(CS(=O)(=O)O)NC(=O)C(O)CCCCCCCCCCCCCCCCCCCCCC. The number of rotatable bonds is 44. The van der Waals surface area contributed by atoms with Gasteiger partial charge in [-0.1, -0.05) is 237 Å². The van der Waals surface area contributed by atoms with E-state index in [0.29, 0.717) is 12.8 Å². The molecule has 3 atom stereocenters. The van der Waals surface area contributed by atoms with Crippen LogP contribution in [0.25, 0.3) is 0 Å². The number of carbonyl (C=O) groups is 1. The van der Waals surface area contributed by atoms with Gasteiger partial charge in [0.1, 0.15) is 6.10 Å². The lowest BCUT2D eigenvalue weighted by atomic mass is 10.0. The molecular weight excluding hydrogens is 731 g/mol. The highest BCUT2D eigenvalue weighted by atomic mass is 32.2. The van der Waals surface area contributed by atoms with Crippen molar-refractivity contribution in [3.8, 4) is 0 Å². The van der Waals surface area contributed by atoms with Gasteiger partial charge < -0.3 is 15.5 Å². The van der Waals surface area contributed by atoms with Crippen LogP contribution in [0.15, 0.2) is 36.5 Å². The first kappa shape index (κ1) is 55.5. The molecule has 0 spiro atoms. The second kappa shape index (κ2) is 42.6. The monoisotopic (exact) mass is 824 g/mol. The molecule has 3 unspecified atom stereocenters. The van der Waals surface area contributed by atoms with Crippen molar-refractivity contribution < 1.29 is 28.0 Å². The maximum Gasteiger partial charge on any atom is 0.267 e. The maximum absolute atomic E-state index is 12.6. The van der Waals surface area contributed by atoms with Gasteiger partial charge in [-0.2, -0.15) is 8.42 Å². The number of nitrogens with one attached hydrogen (secondary N) is 1. The summed E-state index contributed by atoms with van der Waals surface area (Å²) in [6.07, 6.45) is 53.5. The van der Waals surface area contributed by atoms with Gasteiger partial charge in [-0.25, -0.2) is 0 Å². The van der Waals surface area contributed by atoms with E-state index in [0.717, 1.165) is 44.9 Å². The molecule has 0 aromatic heterocycles. The summed E-state index contributed by atoms with van der Waals surface area (Å²) in [5.74, 6) is -1.56. The summed E-state index contributed by atoms with van der Waals surface area (Å²) in [5.41, 5.74) is 0. The third kappa shape index (κ3) is 42.5. The lowest BCUT2D eigenvalue weighted by Crippen LogP contribution is -2.50. The number of aliphatic hydroxyl groups is 2. The molecule has 0 aromatic carbocycles. The van der Waals surface area contributed by atoms with Crippen molar-refractivity contribution in [1.29, 1.82) is 0 Å². The Bertz CT molecular complexity index is 1060. The summed E-state index contributed by atoms with van der Waals surface area (Å²) in [5, 5.41) is 23.5. The fourth-order valence-corrected chi connectivity index (χ4v) is 8.17. The van der Waals surface area contributed by atoms with Gasteiger partial charge in [-0.05, 0) is 44.9 Å². The van der Waals surface area contributed by atoms with Crippen LogP contribution in [0.2, 0.25) is 0 Å². The summed E-state index contributed by atoms with van der Waals surface area (Å²) in [4.78, 5) is 12.6. The first-order valence-corrected chi connectivity index (χ1v) is 25.9. The van der Waals surface area contributed by atoms with Gasteiger partial charge in [-0.15, -0.1) is 0 Å². The zero-order valence-electron chi connectivity index (χ0n) is 37.3. The van der Waals surface area contributed by atoms with E-state index in [1.807, 2.05) is 0 Å². The standard InChI is InChI=1S/C49H93NO6S/c1-3-5-7-9-11-13-15-17-19-21-23-25-27-29-31-33-35-37-39-41-43-47(51)46(45-57(54,55)56)50-49(53)48(52)44-42-40-38-36-34-32-30-28-26-24-22-20-18-16-14-12-10-8-6-4-2/h25,27,33,35,41,43,46-48,51-52H,3-24,26,28-32,34,36-40,42,44-45H2,1-2H3,(H,50,53)(H,54,55,56)/b27-25+,35-33+,43-41+. The Balaban J connectivity index is 3.98. The molecule has 0 radical (unpaired) electrons. The van der Waals surface area contributed by atoms with Gasteiger partial charge in [-0.3, -0.25) is 9.35 Å². The minimum Gasteiger partial charge on any atom is -0.387 e.